The van der Waals surface area contributed by atoms with Gasteiger partial charge in [0.05, 0.1) is 6.26 Å². The molecule has 0 saturated carbocycles. The van der Waals surface area contributed by atoms with Crippen molar-refractivity contribution in [3.05, 3.63) is 41.7 Å². The van der Waals surface area contributed by atoms with Gasteiger partial charge in [-0.3, -0.25) is 0 Å². The summed E-state index contributed by atoms with van der Waals surface area (Å²) in [4.78, 5) is 8.43. The Hall–Kier alpha value is -1.88. The van der Waals surface area contributed by atoms with Gasteiger partial charge in [0.1, 0.15) is 18.2 Å². The number of nitrogens with zero attached hydrogens (tertiary/aromatic N) is 2. The lowest BCUT2D eigenvalue weighted by atomic mass is 10.3. The maximum absolute atomic E-state index is 5.63. The summed E-state index contributed by atoms with van der Waals surface area (Å²) in [6.45, 7) is 2.89. The molecule has 0 radical (unpaired) electrons. The van der Waals surface area contributed by atoms with E-state index < -0.39 is 0 Å². The quantitative estimate of drug-likeness (QED) is 0.851. The number of hydrogen-bond acceptors (Lipinski definition) is 5. The van der Waals surface area contributed by atoms with E-state index in [2.05, 4.69) is 15.3 Å². The zero-order valence-corrected chi connectivity index (χ0v) is 9.93. The zero-order valence-electron chi connectivity index (χ0n) is 9.93. The van der Waals surface area contributed by atoms with Gasteiger partial charge in [0.15, 0.2) is 0 Å². The second kappa shape index (κ2) is 5.45. The second-order valence-electron chi connectivity index (χ2n) is 3.65. The SMILES string of the molecule is CNCc1cnc(C)nc1OCc1ccco1. The van der Waals surface area contributed by atoms with Crippen LogP contribution < -0.4 is 10.1 Å². The van der Waals surface area contributed by atoms with Gasteiger partial charge in [-0.25, -0.2) is 4.98 Å². The fourth-order valence-corrected chi connectivity index (χ4v) is 1.45. The van der Waals surface area contributed by atoms with Crippen molar-refractivity contribution in [1.29, 1.82) is 0 Å². The Bertz CT molecular complexity index is 469. The van der Waals surface area contributed by atoms with E-state index in [0.717, 1.165) is 11.3 Å². The number of nitrogens with one attached hydrogen (secondary N) is 1. The Balaban J connectivity index is 2.10. The zero-order chi connectivity index (χ0) is 12.1. The molecule has 0 aliphatic rings. The van der Waals surface area contributed by atoms with Crippen LogP contribution in [-0.4, -0.2) is 17.0 Å². The topological polar surface area (TPSA) is 60.2 Å². The van der Waals surface area contributed by atoms with Gasteiger partial charge in [-0.05, 0) is 26.1 Å². The molecule has 0 fully saturated rings. The molecule has 5 nitrogen and oxygen atoms in total. The lowest BCUT2D eigenvalue weighted by Crippen LogP contribution is -2.10. The van der Waals surface area contributed by atoms with E-state index in [4.69, 9.17) is 9.15 Å². The predicted molar refractivity (Wildman–Crippen MR) is 62.6 cm³/mol. The highest BCUT2D eigenvalue weighted by Gasteiger charge is 2.07. The molecular weight excluding hydrogens is 218 g/mol. The smallest absolute Gasteiger partial charge is 0.221 e. The molecule has 2 heterocycles. The summed E-state index contributed by atoms with van der Waals surface area (Å²) in [5, 5.41) is 3.05. The highest BCUT2D eigenvalue weighted by atomic mass is 16.5. The molecule has 0 aliphatic heterocycles. The van der Waals surface area contributed by atoms with Crippen LogP contribution in [0, 0.1) is 6.92 Å². The number of furan rings is 1. The number of aromatic nitrogens is 2. The molecule has 2 rings (SSSR count). The van der Waals surface area contributed by atoms with Gasteiger partial charge < -0.3 is 14.5 Å². The van der Waals surface area contributed by atoms with E-state index in [1.54, 1.807) is 12.5 Å². The number of rotatable bonds is 5. The molecule has 0 atom stereocenters. The van der Waals surface area contributed by atoms with Crippen molar-refractivity contribution < 1.29 is 9.15 Å². The molecule has 0 aliphatic carbocycles. The molecule has 2 aromatic rings. The van der Waals surface area contributed by atoms with Gasteiger partial charge in [-0.1, -0.05) is 0 Å². The molecular formula is C12H15N3O2. The lowest BCUT2D eigenvalue weighted by molar-refractivity contribution is 0.256. The molecule has 0 aromatic carbocycles. The van der Waals surface area contributed by atoms with Crippen molar-refractivity contribution >= 4 is 0 Å². The summed E-state index contributed by atoms with van der Waals surface area (Å²) < 4.78 is 10.8. The Kier molecular flexibility index (Phi) is 3.72. The maximum Gasteiger partial charge on any atom is 0.221 e. The van der Waals surface area contributed by atoms with Gasteiger partial charge in [0.25, 0.3) is 0 Å². The minimum Gasteiger partial charge on any atom is -0.469 e. The van der Waals surface area contributed by atoms with Crippen molar-refractivity contribution in [2.75, 3.05) is 7.05 Å². The largest absolute Gasteiger partial charge is 0.469 e. The van der Waals surface area contributed by atoms with Gasteiger partial charge in [0, 0.05) is 18.3 Å². The molecule has 0 spiro atoms. The molecule has 0 bridgehead atoms. The third-order valence-corrected chi connectivity index (χ3v) is 2.24. The Labute approximate surface area is 99.8 Å². The van der Waals surface area contributed by atoms with Gasteiger partial charge in [-0.2, -0.15) is 4.98 Å². The summed E-state index contributed by atoms with van der Waals surface area (Å²) in [5.74, 6) is 2.07. The molecule has 0 unspecified atom stereocenters. The van der Waals surface area contributed by atoms with Crippen molar-refractivity contribution in [3.63, 3.8) is 0 Å². The molecule has 90 valence electrons. The first-order valence-electron chi connectivity index (χ1n) is 5.42. The summed E-state index contributed by atoms with van der Waals surface area (Å²) in [6, 6.07) is 3.70. The predicted octanol–water partition coefficient (Wildman–Crippen LogP) is 1.68. The average molecular weight is 233 g/mol. The lowest BCUT2D eigenvalue weighted by Gasteiger charge is -2.09. The van der Waals surface area contributed by atoms with E-state index in [1.165, 1.54) is 0 Å². The highest BCUT2D eigenvalue weighted by Crippen LogP contribution is 2.16. The van der Waals surface area contributed by atoms with Gasteiger partial charge in [0.2, 0.25) is 5.88 Å². The highest BCUT2D eigenvalue weighted by molar-refractivity contribution is 5.23. The van der Waals surface area contributed by atoms with Crippen LogP contribution in [-0.2, 0) is 13.2 Å². The van der Waals surface area contributed by atoms with Crippen molar-refractivity contribution in [2.45, 2.75) is 20.1 Å². The first-order chi connectivity index (χ1) is 8.29. The van der Waals surface area contributed by atoms with E-state index in [1.807, 2.05) is 26.1 Å². The Morgan fingerprint density at radius 1 is 1.47 bits per heavy atom. The fourth-order valence-electron chi connectivity index (χ4n) is 1.45. The number of ether oxygens (including phenoxy) is 1. The molecule has 0 amide bonds. The number of hydrogen-bond donors (Lipinski definition) is 1. The molecule has 2 aromatic heterocycles. The van der Waals surface area contributed by atoms with Crippen LogP contribution in [0.1, 0.15) is 17.1 Å². The third kappa shape index (κ3) is 3.04. The van der Waals surface area contributed by atoms with Crippen LogP contribution >= 0.6 is 0 Å². The second-order valence-corrected chi connectivity index (χ2v) is 3.65. The Morgan fingerprint density at radius 2 is 2.35 bits per heavy atom. The van der Waals surface area contributed by atoms with Gasteiger partial charge in [-0.15, -0.1) is 0 Å². The molecule has 1 N–H and O–H groups in total. The average Bonchev–Trinajstić information content (AvgIpc) is 2.82. The van der Waals surface area contributed by atoms with Crippen LogP contribution in [0.3, 0.4) is 0 Å². The number of aryl methyl sites for hydroxylation is 1. The van der Waals surface area contributed by atoms with Crippen LogP contribution in [0.15, 0.2) is 29.0 Å². The summed E-state index contributed by atoms with van der Waals surface area (Å²) in [7, 11) is 1.87. The van der Waals surface area contributed by atoms with E-state index >= 15 is 0 Å². The van der Waals surface area contributed by atoms with Crippen molar-refractivity contribution in [1.82, 2.24) is 15.3 Å². The molecule has 17 heavy (non-hydrogen) atoms. The van der Waals surface area contributed by atoms with Gasteiger partial charge >= 0.3 is 0 Å². The minimum atomic E-state index is 0.375. The normalized spacial score (nSPS) is 10.5. The van der Waals surface area contributed by atoms with Crippen LogP contribution in [0.5, 0.6) is 5.88 Å². The first kappa shape index (κ1) is 11.6. The fraction of sp³-hybridized carbons (Fsp3) is 0.333. The van der Waals surface area contributed by atoms with E-state index in [-0.39, 0.29) is 0 Å². The Morgan fingerprint density at radius 3 is 3.06 bits per heavy atom. The minimum absolute atomic E-state index is 0.375. The standard InChI is InChI=1S/C12H15N3O2/c1-9-14-7-10(6-13-2)12(15-9)17-8-11-4-3-5-16-11/h3-5,7,13H,6,8H2,1-2H3. The maximum atomic E-state index is 5.63. The van der Waals surface area contributed by atoms with Crippen LogP contribution in [0.25, 0.3) is 0 Å². The van der Waals surface area contributed by atoms with Crippen molar-refractivity contribution in [2.24, 2.45) is 0 Å². The first-order valence-corrected chi connectivity index (χ1v) is 5.42. The third-order valence-electron chi connectivity index (χ3n) is 2.24. The monoisotopic (exact) mass is 233 g/mol. The van der Waals surface area contributed by atoms with E-state index in [9.17, 15) is 0 Å². The summed E-state index contributed by atoms with van der Waals surface area (Å²) >= 11 is 0. The van der Waals surface area contributed by atoms with Crippen LogP contribution in [0.2, 0.25) is 0 Å². The summed E-state index contributed by atoms with van der Waals surface area (Å²) in [5.41, 5.74) is 0.935. The van der Waals surface area contributed by atoms with Crippen molar-refractivity contribution in [3.8, 4) is 5.88 Å². The van der Waals surface area contributed by atoms with E-state index in [0.29, 0.717) is 24.9 Å². The molecule has 0 saturated heterocycles. The summed E-state index contributed by atoms with van der Waals surface area (Å²) in [6.07, 6.45) is 3.40. The molecule has 5 heteroatoms. The van der Waals surface area contributed by atoms with Crippen LogP contribution in [0.4, 0.5) is 0 Å².